The highest BCUT2D eigenvalue weighted by Crippen LogP contribution is 2.35. The third kappa shape index (κ3) is 3.28. The summed E-state index contributed by atoms with van der Waals surface area (Å²) in [4.78, 5) is 12.8. The molecule has 0 atom stereocenters. The smallest absolute Gasteiger partial charge is 0.139 e. The molecule has 134 valence electrons. The maximum Gasteiger partial charge on any atom is 0.139 e. The number of nitrogens with one attached hydrogen (secondary N) is 1. The van der Waals surface area contributed by atoms with Gasteiger partial charge in [0.05, 0.1) is 11.4 Å². The molecule has 1 N–H and O–H groups in total. The van der Waals surface area contributed by atoms with Crippen LogP contribution in [0.25, 0.3) is 33.9 Å². The van der Waals surface area contributed by atoms with E-state index in [0.717, 1.165) is 28.3 Å². The Kier molecular flexibility index (Phi) is 4.36. The van der Waals surface area contributed by atoms with Gasteiger partial charge in [-0.2, -0.15) is 0 Å². The van der Waals surface area contributed by atoms with E-state index in [0.29, 0.717) is 0 Å². The number of nitrogens with zero attached hydrogens (tertiary/aromatic N) is 2. The Bertz CT molecular complexity index is 1070. The van der Waals surface area contributed by atoms with Gasteiger partial charge in [0.15, 0.2) is 0 Å². The van der Waals surface area contributed by atoms with Crippen molar-refractivity contribution in [2.24, 2.45) is 0 Å². The first kappa shape index (κ1) is 17.2. The zero-order valence-electron chi connectivity index (χ0n) is 16.2. The van der Waals surface area contributed by atoms with Crippen molar-refractivity contribution in [1.29, 1.82) is 0 Å². The van der Waals surface area contributed by atoms with E-state index in [-0.39, 0.29) is 0 Å². The predicted octanol–water partition coefficient (Wildman–Crippen LogP) is 6.04. The topological polar surface area (TPSA) is 41.6 Å². The summed E-state index contributed by atoms with van der Waals surface area (Å²) >= 11 is 0. The van der Waals surface area contributed by atoms with Crippen LogP contribution in [0.2, 0.25) is 0 Å². The van der Waals surface area contributed by atoms with Crippen molar-refractivity contribution in [2.45, 2.75) is 27.7 Å². The molecule has 0 radical (unpaired) electrons. The minimum atomic E-state index is 0.910. The standard InChI is InChI=1S/C24H23N3/c1-15-5-7-19(8-6-15)22-23(20-9-11-25-12-10-20)27-24(26-22)21-17(3)13-16(2)14-18(21)4/h5-14H,1-4H3,(H,26,27). The second-order valence-corrected chi connectivity index (χ2v) is 7.18. The summed E-state index contributed by atoms with van der Waals surface area (Å²) in [5.41, 5.74) is 10.3. The van der Waals surface area contributed by atoms with Crippen LogP contribution in [0.4, 0.5) is 0 Å². The van der Waals surface area contributed by atoms with Crippen LogP contribution >= 0.6 is 0 Å². The van der Waals surface area contributed by atoms with Crippen molar-refractivity contribution >= 4 is 0 Å². The van der Waals surface area contributed by atoms with E-state index in [2.05, 4.69) is 74.1 Å². The second-order valence-electron chi connectivity index (χ2n) is 7.18. The molecule has 0 saturated carbocycles. The number of aromatic nitrogens is 3. The number of aryl methyl sites for hydroxylation is 4. The first-order chi connectivity index (χ1) is 13.0. The summed E-state index contributed by atoms with van der Waals surface area (Å²) in [6.07, 6.45) is 3.63. The fraction of sp³-hybridized carbons (Fsp3) is 0.167. The molecule has 4 aromatic rings. The van der Waals surface area contributed by atoms with Gasteiger partial charge in [-0.25, -0.2) is 4.98 Å². The number of rotatable bonds is 3. The number of aromatic amines is 1. The summed E-state index contributed by atoms with van der Waals surface area (Å²) in [6.45, 7) is 8.53. The van der Waals surface area contributed by atoms with E-state index >= 15 is 0 Å². The molecule has 0 aliphatic carbocycles. The van der Waals surface area contributed by atoms with Gasteiger partial charge in [0.1, 0.15) is 5.82 Å². The van der Waals surface area contributed by atoms with Crippen LogP contribution in [0.1, 0.15) is 22.3 Å². The van der Waals surface area contributed by atoms with Gasteiger partial charge in [-0.15, -0.1) is 0 Å². The zero-order chi connectivity index (χ0) is 19.0. The quantitative estimate of drug-likeness (QED) is 0.488. The Balaban J connectivity index is 1.95. The van der Waals surface area contributed by atoms with Crippen LogP contribution in [-0.2, 0) is 0 Å². The molecule has 2 aromatic heterocycles. The molecule has 3 nitrogen and oxygen atoms in total. The fourth-order valence-electron chi connectivity index (χ4n) is 3.69. The Morgan fingerprint density at radius 3 is 1.96 bits per heavy atom. The van der Waals surface area contributed by atoms with Gasteiger partial charge in [0, 0.05) is 29.1 Å². The average Bonchev–Trinajstić information content (AvgIpc) is 3.07. The molecule has 27 heavy (non-hydrogen) atoms. The van der Waals surface area contributed by atoms with Crippen LogP contribution in [0, 0.1) is 27.7 Å². The first-order valence-corrected chi connectivity index (χ1v) is 9.18. The minimum absolute atomic E-state index is 0.910. The van der Waals surface area contributed by atoms with Gasteiger partial charge in [0.25, 0.3) is 0 Å². The molecular weight excluding hydrogens is 330 g/mol. The van der Waals surface area contributed by atoms with Crippen LogP contribution in [0.5, 0.6) is 0 Å². The molecule has 0 saturated heterocycles. The van der Waals surface area contributed by atoms with E-state index in [1.165, 1.54) is 27.8 Å². The zero-order valence-corrected chi connectivity index (χ0v) is 16.2. The molecule has 0 spiro atoms. The predicted molar refractivity (Wildman–Crippen MR) is 112 cm³/mol. The maximum absolute atomic E-state index is 5.03. The Labute approximate surface area is 160 Å². The number of hydrogen-bond donors (Lipinski definition) is 1. The molecule has 2 aromatic carbocycles. The number of pyridine rings is 1. The van der Waals surface area contributed by atoms with Crippen molar-refractivity contribution in [2.75, 3.05) is 0 Å². The van der Waals surface area contributed by atoms with E-state index in [1.54, 1.807) is 0 Å². The number of imidazole rings is 1. The van der Waals surface area contributed by atoms with Crippen molar-refractivity contribution < 1.29 is 0 Å². The van der Waals surface area contributed by atoms with Gasteiger partial charge in [-0.3, -0.25) is 4.98 Å². The molecule has 3 heteroatoms. The maximum atomic E-state index is 5.03. The number of benzene rings is 2. The summed E-state index contributed by atoms with van der Waals surface area (Å²) in [7, 11) is 0. The molecule has 2 heterocycles. The third-order valence-corrected chi connectivity index (χ3v) is 4.91. The van der Waals surface area contributed by atoms with E-state index in [4.69, 9.17) is 4.98 Å². The van der Waals surface area contributed by atoms with Gasteiger partial charge in [-0.1, -0.05) is 47.5 Å². The Hall–Kier alpha value is -3.20. The monoisotopic (exact) mass is 353 g/mol. The second kappa shape index (κ2) is 6.84. The Morgan fingerprint density at radius 2 is 1.33 bits per heavy atom. The summed E-state index contributed by atoms with van der Waals surface area (Å²) in [5.74, 6) is 0.910. The molecule has 0 amide bonds. The van der Waals surface area contributed by atoms with Crippen LogP contribution in [0.15, 0.2) is 60.9 Å². The lowest BCUT2D eigenvalue weighted by atomic mass is 9.99. The highest BCUT2D eigenvalue weighted by Gasteiger charge is 2.17. The van der Waals surface area contributed by atoms with Crippen LogP contribution in [0.3, 0.4) is 0 Å². The van der Waals surface area contributed by atoms with Gasteiger partial charge in [-0.05, 0) is 51.0 Å². The first-order valence-electron chi connectivity index (χ1n) is 9.18. The largest absolute Gasteiger partial charge is 0.337 e. The minimum Gasteiger partial charge on any atom is -0.337 e. The number of H-pyrrole nitrogens is 1. The average molecular weight is 353 g/mol. The molecule has 0 unspecified atom stereocenters. The fourth-order valence-corrected chi connectivity index (χ4v) is 3.69. The molecule has 0 aliphatic rings. The van der Waals surface area contributed by atoms with Crippen LogP contribution < -0.4 is 0 Å². The molecular formula is C24H23N3. The van der Waals surface area contributed by atoms with E-state index in [9.17, 15) is 0 Å². The van der Waals surface area contributed by atoms with E-state index < -0.39 is 0 Å². The van der Waals surface area contributed by atoms with Crippen LogP contribution in [-0.4, -0.2) is 15.0 Å². The van der Waals surface area contributed by atoms with Gasteiger partial charge >= 0.3 is 0 Å². The molecule has 0 bridgehead atoms. The molecule has 0 aliphatic heterocycles. The molecule has 4 rings (SSSR count). The lowest BCUT2D eigenvalue weighted by molar-refractivity contribution is 1.24. The lowest BCUT2D eigenvalue weighted by Gasteiger charge is -2.08. The number of hydrogen-bond acceptors (Lipinski definition) is 2. The van der Waals surface area contributed by atoms with Crippen molar-refractivity contribution in [1.82, 2.24) is 15.0 Å². The van der Waals surface area contributed by atoms with Gasteiger partial charge in [0.2, 0.25) is 0 Å². The molecule has 0 fully saturated rings. The van der Waals surface area contributed by atoms with Crippen molar-refractivity contribution in [3.05, 3.63) is 83.2 Å². The van der Waals surface area contributed by atoms with Crippen molar-refractivity contribution in [3.63, 3.8) is 0 Å². The van der Waals surface area contributed by atoms with Crippen molar-refractivity contribution in [3.8, 4) is 33.9 Å². The van der Waals surface area contributed by atoms with E-state index in [1.807, 2.05) is 24.5 Å². The highest BCUT2D eigenvalue weighted by atomic mass is 14.9. The third-order valence-electron chi connectivity index (χ3n) is 4.91. The summed E-state index contributed by atoms with van der Waals surface area (Å²) < 4.78 is 0. The highest BCUT2D eigenvalue weighted by molar-refractivity contribution is 5.82. The SMILES string of the molecule is Cc1ccc(-c2nc(-c3c(C)cc(C)cc3C)[nH]c2-c2ccncc2)cc1. The summed E-state index contributed by atoms with van der Waals surface area (Å²) in [6, 6.07) is 17.0. The summed E-state index contributed by atoms with van der Waals surface area (Å²) in [5, 5.41) is 0. The van der Waals surface area contributed by atoms with Gasteiger partial charge < -0.3 is 4.98 Å². The Morgan fingerprint density at radius 1 is 0.704 bits per heavy atom. The lowest BCUT2D eigenvalue weighted by Crippen LogP contribution is -1.92. The normalized spacial score (nSPS) is 11.0.